The molecule has 24 heavy (non-hydrogen) atoms. The minimum Gasteiger partial charge on any atom is -0.497 e. The van der Waals surface area contributed by atoms with Gasteiger partial charge in [0.1, 0.15) is 11.5 Å². The molecular weight excluding hydrogens is 330 g/mol. The summed E-state index contributed by atoms with van der Waals surface area (Å²) in [6.45, 7) is 0.355. The number of hydrogen-bond acceptors (Lipinski definition) is 6. The molecule has 0 spiro atoms. The highest BCUT2D eigenvalue weighted by atomic mass is 35.5. The number of anilines is 1. The van der Waals surface area contributed by atoms with Gasteiger partial charge in [0.2, 0.25) is 11.8 Å². The molecule has 3 aromatic rings. The predicted octanol–water partition coefficient (Wildman–Crippen LogP) is 4.02. The summed E-state index contributed by atoms with van der Waals surface area (Å²) in [7, 11) is 3.21. The number of nitrogens with one attached hydrogen (secondary N) is 1. The molecule has 1 heterocycles. The maximum absolute atomic E-state index is 6.01. The molecule has 0 aliphatic rings. The van der Waals surface area contributed by atoms with Crippen LogP contribution in [0.4, 0.5) is 5.69 Å². The molecule has 0 aliphatic carbocycles. The summed E-state index contributed by atoms with van der Waals surface area (Å²) in [5, 5.41) is 11.9. The van der Waals surface area contributed by atoms with Crippen molar-refractivity contribution in [2.45, 2.75) is 6.54 Å². The number of methoxy groups -OCH3 is 2. The topological polar surface area (TPSA) is 69.4 Å². The van der Waals surface area contributed by atoms with E-state index in [-0.39, 0.29) is 0 Å². The van der Waals surface area contributed by atoms with Gasteiger partial charge in [-0.25, -0.2) is 0 Å². The minimum absolute atomic E-state index is 0.355. The van der Waals surface area contributed by atoms with Crippen LogP contribution in [0.15, 0.2) is 46.9 Å². The van der Waals surface area contributed by atoms with Crippen molar-refractivity contribution in [3.8, 4) is 23.0 Å². The number of nitrogens with zero attached hydrogens (tertiary/aromatic N) is 2. The highest BCUT2D eigenvalue weighted by molar-refractivity contribution is 6.30. The third-order valence-electron chi connectivity index (χ3n) is 3.38. The van der Waals surface area contributed by atoms with E-state index < -0.39 is 0 Å². The van der Waals surface area contributed by atoms with E-state index in [0.29, 0.717) is 29.1 Å². The Hall–Kier alpha value is -2.73. The van der Waals surface area contributed by atoms with Crippen LogP contribution in [0.1, 0.15) is 5.89 Å². The average Bonchev–Trinajstić information content (AvgIpc) is 3.09. The van der Waals surface area contributed by atoms with Crippen LogP contribution in [0.25, 0.3) is 11.5 Å². The summed E-state index contributed by atoms with van der Waals surface area (Å²) in [5.41, 5.74) is 1.56. The monoisotopic (exact) mass is 345 g/mol. The minimum atomic E-state index is 0.355. The summed E-state index contributed by atoms with van der Waals surface area (Å²) in [5.74, 6) is 2.31. The molecule has 1 N–H and O–H groups in total. The number of halogens is 1. The standard InChI is InChI=1S/C17H16ClN3O3/c1-22-13-5-3-4-11(8-13)17-21-20-16(24-17)10-19-14-9-12(18)6-7-15(14)23-2/h3-9,19H,10H2,1-2H3. The van der Waals surface area contributed by atoms with Crippen LogP contribution in [-0.2, 0) is 6.54 Å². The van der Waals surface area contributed by atoms with Crippen LogP contribution in [0.3, 0.4) is 0 Å². The normalized spacial score (nSPS) is 10.5. The largest absolute Gasteiger partial charge is 0.497 e. The van der Waals surface area contributed by atoms with Gasteiger partial charge in [-0.3, -0.25) is 0 Å². The van der Waals surface area contributed by atoms with Gasteiger partial charge in [0, 0.05) is 10.6 Å². The Morgan fingerprint density at radius 3 is 2.75 bits per heavy atom. The second kappa shape index (κ2) is 7.23. The van der Waals surface area contributed by atoms with Crippen molar-refractivity contribution in [3.63, 3.8) is 0 Å². The molecule has 7 heteroatoms. The number of aromatic nitrogens is 2. The molecule has 2 aromatic carbocycles. The van der Waals surface area contributed by atoms with Crippen molar-refractivity contribution >= 4 is 17.3 Å². The molecule has 0 bridgehead atoms. The van der Waals surface area contributed by atoms with Crippen molar-refractivity contribution in [1.29, 1.82) is 0 Å². The van der Waals surface area contributed by atoms with Gasteiger partial charge in [0.05, 0.1) is 26.5 Å². The van der Waals surface area contributed by atoms with Gasteiger partial charge < -0.3 is 19.2 Å². The first-order valence-corrected chi connectivity index (χ1v) is 7.61. The van der Waals surface area contributed by atoms with Gasteiger partial charge in [0.15, 0.2) is 0 Å². The molecule has 0 radical (unpaired) electrons. The van der Waals surface area contributed by atoms with Crippen molar-refractivity contribution in [2.24, 2.45) is 0 Å². The van der Waals surface area contributed by atoms with Crippen LogP contribution in [-0.4, -0.2) is 24.4 Å². The average molecular weight is 346 g/mol. The highest BCUT2D eigenvalue weighted by Crippen LogP contribution is 2.28. The van der Waals surface area contributed by atoms with Gasteiger partial charge >= 0.3 is 0 Å². The molecular formula is C17H16ClN3O3. The SMILES string of the molecule is COc1cccc(-c2nnc(CNc3cc(Cl)ccc3OC)o2)c1. The lowest BCUT2D eigenvalue weighted by molar-refractivity contribution is 0.414. The van der Waals surface area contributed by atoms with E-state index in [1.54, 1.807) is 32.4 Å². The Kier molecular flexibility index (Phi) is 4.86. The van der Waals surface area contributed by atoms with Crippen molar-refractivity contribution in [2.75, 3.05) is 19.5 Å². The van der Waals surface area contributed by atoms with E-state index >= 15 is 0 Å². The molecule has 0 saturated heterocycles. The molecule has 1 aromatic heterocycles. The van der Waals surface area contributed by atoms with E-state index in [1.807, 2.05) is 24.3 Å². The van der Waals surface area contributed by atoms with Crippen LogP contribution < -0.4 is 14.8 Å². The Balaban J connectivity index is 1.74. The van der Waals surface area contributed by atoms with Crippen LogP contribution >= 0.6 is 11.6 Å². The van der Waals surface area contributed by atoms with Crippen molar-refractivity contribution < 1.29 is 13.9 Å². The fourth-order valence-electron chi connectivity index (χ4n) is 2.19. The number of hydrogen-bond donors (Lipinski definition) is 1. The van der Waals surface area contributed by atoms with Crippen LogP contribution in [0.5, 0.6) is 11.5 Å². The lowest BCUT2D eigenvalue weighted by Gasteiger charge is -2.09. The predicted molar refractivity (Wildman–Crippen MR) is 91.6 cm³/mol. The fraction of sp³-hybridized carbons (Fsp3) is 0.176. The van der Waals surface area contributed by atoms with E-state index in [2.05, 4.69) is 15.5 Å². The summed E-state index contributed by atoms with van der Waals surface area (Å²) in [6.07, 6.45) is 0. The van der Waals surface area contributed by atoms with Gasteiger partial charge in [0.25, 0.3) is 0 Å². The fourth-order valence-corrected chi connectivity index (χ4v) is 2.36. The lowest BCUT2D eigenvalue weighted by atomic mass is 10.2. The summed E-state index contributed by atoms with van der Waals surface area (Å²) in [6, 6.07) is 12.8. The van der Waals surface area contributed by atoms with E-state index in [0.717, 1.165) is 17.0 Å². The van der Waals surface area contributed by atoms with Gasteiger partial charge in [-0.1, -0.05) is 17.7 Å². The zero-order chi connectivity index (χ0) is 16.9. The Morgan fingerprint density at radius 2 is 1.96 bits per heavy atom. The number of rotatable bonds is 6. The molecule has 0 unspecified atom stereocenters. The summed E-state index contributed by atoms with van der Waals surface area (Å²) < 4.78 is 16.2. The molecule has 0 fully saturated rings. The third-order valence-corrected chi connectivity index (χ3v) is 3.61. The first kappa shape index (κ1) is 16.1. The second-order valence-electron chi connectivity index (χ2n) is 4.93. The van der Waals surface area contributed by atoms with E-state index in [4.69, 9.17) is 25.5 Å². The Bertz CT molecular complexity index is 835. The molecule has 0 aliphatic heterocycles. The zero-order valence-corrected chi connectivity index (χ0v) is 14.0. The van der Waals surface area contributed by atoms with Crippen molar-refractivity contribution in [1.82, 2.24) is 10.2 Å². The molecule has 3 rings (SSSR count). The zero-order valence-electron chi connectivity index (χ0n) is 13.2. The third kappa shape index (κ3) is 3.60. The highest BCUT2D eigenvalue weighted by Gasteiger charge is 2.10. The van der Waals surface area contributed by atoms with Gasteiger partial charge in [-0.05, 0) is 36.4 Å². The summed E-state index contributed by atoms with van der Waals surface area (Å²) >= 11 is 6.01. The van der Waals surface area contributed by atoms with Crippen molar-refractivity contribution in [3.05, 3.63) is 53.4 Å². The van der Waals surface area contributed by atoms with E-state index in [1.165, 1.54) is 0 Å². The maximum Gasteiger partial charge on any atom is 0.247 e. The lowest BCUT2D eigenvalue weighted by Crippen LogP contribution is -2.01. The maximum atomic E-state index is 6.01. The number of ether oxygens (including phenoxy) is 2. The van der Waals surface area contributed by atoms with Gasteiger partial charge in [-0.15, -0.1) is 10.2 Å². The summed E-state index contributed by atoms with van der Waals surface area (Å²) in [4.78, 5) is 0. The Labute approximate surface area is 144 Å². The first-order valence-electron chi connectivity index (χ1n) is 7.24. The molecule has 0 amide bonds. The molecule has 0 atom stereocenters. The van der Waals surface area contributed by atoms with E-state index in [9.17, 15) is 0 Å². The quantitative estimate of drug-likeness (QED) is 0.727. The number of benzene rings is 2. The van der Waals surface area contributed by atoms with Crippen LogP contribution in [0.2, 0.25) is 5.02 Å². The second-order valence-corrected chi connectivity index (χ2v) is 5.37. The molecule has 0 saturated carbocycles. The first-order chi connectivity index (χ1) is 11.7. The molecule has 124 valence electrons. The van der Waals surface area contributed by atoms with Gasteiger partial charge in [-0.2, -0.15) is 0 Å². The Morgan fingerprint density at radius 1 is 1.08 bits per heavy atom. The van der Waals surface area contributed by atoms with Crippen LogP contribution in [0, 0.1) is 0 Å². The molecule has 6 nitrogen and oxygen atoms in total. The smallest absolute Gasteiger partial charge is 0.247 e.